The lowest BCUT2D eigenvalue weighted by Gasteiger charge is -2.22. The van der Waals surface area contributed by atoms with Crippen molar-refractivity contribution < 1.29 is 9.47 Å². The summed E-state index contributed by atoms with van der Waals surface area (Å²) in [5, 5.41) is 3.40. The van der Waals surface area contributed by atoms with Crippen molar-refractivity contribution in [2.45, 2.75) is 38.1 Å². The Labute approximate surface area is 122 Å². The third-order valence-corrected chi connectivity index (χ3v) is 3.72. The van der Waals surface area contributed by atoms with E-state index < -0.39 is 0 Å². The molecule has 0 fully saturated rings. The van der Waals surface area contributed by atoms with E-state index in [-0.39, 0.29) is 0 Å². The Morgan fingerprint density at radius 1 is 1.20 bits per heavy atom. The molecule has 110 valence electrons. The minimum Gasteiger partial charge on any atom is -0.486 e. The summed E-state index contributed by atoms with van der Waals surface area (Å²) in [6.07, 6.45) is 7.99. The lowest BCUT2D eigenvalue weighted by molar-refractivity contribution is 0.171. The first kappa shape index (κ1) is 14.9. The van der Waals surface area contributed by atoms with Gasteiger partial charge in [0, 0.05) is 6.04 Å². The summed E-state index contributed by atoms with van der Waals surface area (Å²) in [6, 6.07) is 6.65. The van der Waals surface area contributed by atoms with Gasteiger partial charge in [-0.2, -0.15) is 0 Å². The molecule has 0 amide bonds. The molecule has 2 rings (SSSR count). The van der Waals surface area contributed by atoms with Crippen molar-refractivity contribution in [3.63, 3.8) is 0 Å². The fraction of sp³-hybridized carbons (Fsp3) is 0.529. The maximum Gasteiger partial charge on any atom is 0.161 e. The molecule has 1 aromatic rings. The molecule has 1 aromatic carbocycles. The van der Waals surface area contributed by atoms with Crippen LogP contribution >= 0.6 is 0 Å². The van der Waals surface area contributed by atoms with Crippen molar-refractivity contribution >= 4 is 0 Å². The van der Waals surface area contributed by atoms with Crippen LogP contribution in [0.1, 0.15) is 43.7 Å². The van der Waals surface area contributed by atoms with E-state index in [2.05, 4.69) is 24.0 Å². The Hall–Kier alpha value is -1.48. The monoisotopic (exact) mass is 275 g/mol. The van der Waals surface area contributed by atoms with E-state index in [0.29, 0.717) is 19.3 Å². The molecule has 1 N–H and O–H groups in total. The molecule has 0 aliphatic carbocycles. The van der Waals surface area contributed by atoms with E-state index in [0.717, 1.165) is 24.3 Å². The normalized spacial score (nSPS) is 14.8. The second-order valence-electron chi connectivity index (χ2n) is 5.17. The number of hydrogen-bond donors (Lipinski definition) is 1. The summed E-state index contributed by atoms with van der Waals surface area (Å²) in [4.78, 5) is 0. The lowest BCUT2D eigenvalue weighted by Crippen LogP contribution is -2.18. The summed E-state index contributed by atoms with van der Waals surface area (Å²) >= 11 is 0. The van der Waals surface area contributed by atoms with Crippen LogP contribution < -0.4 is 14.8 Å². The maximum atomic E-state index is 5.65. The Morgan fingerprint density at radius 2 is 2.00 bits per heavy atom. The number of nitrogens with one attached hydrogen (secondary N) is 1. The van der Waals surface area contributed by atoms with Gasteiger partial charge in [0.05, 0.1) is 0 Å². The molecule has 1 aliphatic heterocycles. The van der Waals surface area contributed by atoms with Gasteiger partial charge in [-0.15, -0.1) is 6.58 Å². The molecule has 20 heavy (non-hydrogen) atoms. The minimum atomic E-state index is 0.384. The average molecular weight is 275 g/mol. The van der Waals surface area contributed by atoms with Gasteiger partial charge in [-0.1, -0.05) is 25.0 Å². The van der Waals surface area contributed by atoms with E-state index in [1.54, 1.807) is 0 Å². The average Bonchev–Trinajstić information content (AvgIpc) is 2.50. The summed E-state index contributed by atoms with van der Waals surface area (Å²) in [6.45, 7) is 5.05. The summed E-state index contributed by atoms with van der Waals surface area (Å²) in [7, 11) is 2.02. The summed E-state index contributed by atoms with van der Waals surface area (Å²) in [5.74, 6) is 1.74. The van der Waals surface area contributed by atoms with E-state index in [1.807, 2.05) is 19.2 Å². The zero-order valence-corrected chi connectivity index (χ0v) is 12.4. The molecule has 0 bridgehead atoms. The van der Waals surface area contributed by atoms with Crippen LogP contribution in [0.25, 0.3) is 0 Å². The van der Waals surface area contributed by atoms with E-state index in [9.17, 15) is 0 Å². The van der Waals surface area contributed by atoms with Crippen LogP contribution in [0.4, 0.5) is 0 Å². The van der Waals surface area contributed by atoms with E-state index >= 15 is 0 Å². The molecule has 0 aromatic heterocycles. The maximum absolute atomic E-state index is 5.65. The number of fused-ring (bicyclic) bond motifs is 1. The van der Waals surface area contributed by atoms with Gasteiger partial charge in [-0.3, -0.25) is 0 Å². The smallest absolute Gasteiger partial charge is 0.161 e. The largest absolute Gasteiger partial charge is 0.486 e. The standard InChI is InChI=1S/C17H25NO2/c1-3-4-5-6-7-8-15(18-2)14-9-10-16-17(13-14)20-12-11-19-16/h3,9-10,13,15,18H,1,4-8,11-12H2,2H3. The van der Waals surface area contributed by atoms with Gasteiger partial charge in [-0.25, -0.2) is 0 Å². The summed E-state index contributed by atoms with van der Waals surface area (Å²) < 4.78 is 11.2. The zero-order valence-electron chi connectivity index (χ0n) is 12.4. The summed E-state index contributed by atoms with van der Waals surface area (Å²) in [5.41, 5.74) is 1.28. The fourth-order valence-corrected chi connectivity index (χ4v) is 2.57. The van der Waals surface area contributed by atoms with Crippen molar-refractivity contribution in [2.75, 3.05) is 20.3 Å². The topological polar surface area (TPSA) is 30.5 Å². The molecule has 0 spiro atoms. The number of rotatable bonds is 8. The van der Waals surface area contributed by atoms with Gasteiger partial charge in [0.25, 0.3) is 0 Å². The van der Waals surface area contributed by atoms with Crippen LogP contribution in [-0.4, -0.2) is 20.3 Å². The first-order valence-corrected chi connectivity index (χ1v) is 7.53. The molecule has 0 radical (unpaired) electrons. The SMILES string of the molecule is C=CCCCCCC(NC)c1ccc2c(c1)OCCO2. The van der Waals surface area contributed by atoms with Crippen LogP contribution in [0.3, 0.4) is 0 Å². The Morgan fingerprint density at radius 3 is 2.75 bits per heavy atom. The van der Waals surface area contributed by atoms with Crippen molar-refractivity contribution in [2.24, 2.45) is 0 Å². The van der Waals surface area contributed by atoms with Crippen molar-refractivity contribution in [3.8, 4) is 11.5 Å². The van der Waals surface area contributed by atoms with Crippen LogP contribution in [-0.2, 0) is 0 Å². The molecule has 1 atom stereocenters. The molecular weight excluding hydrogens is 250 g/mol. The Kier molecular flexibility index (Phi) is 5.93. The van der Waals surface area contributed by atoms with Gasteiger partial charge in [0.15, 0.2) is 11.5 Å². The molecule has 1 unspecified atom stereocenters. The molecule has 3 heteroatoms. The Balaban J connectivity index is 1.91. The van der Waals surface area contributed by atoms with E-state index in [1.165, 1.54) is 24.8 Å². The molecular formula is C17H25NO2. The van der Waals surface area contributed by atoms with Crippen LogP contribution in [0.2, 0.25) is 0 Å². The third-order valence-electron chi connectivity index (χ3n) is 3.72. The van der Waals surface area contributed by atoms with Crippen molar-refractivity contribution in [3.05, 3.63) is 36.4 Å². The second kappa shape index (κ2) is 7.95. The number of ether oxygens (including phenoxy) is 2. The third kappa shape index (κ3) is 4.01. The second-order valence-corrected chi connectivity index (χ2v) is 5.17. The van der Waals surface area contributed by atoms with Gasteiger partial charge < -0.3 is 14.8 Å². The van der Waals surface area contributed by atoms with Gasteiger partial charge in [-0.05, 0) is 44.0 Å². The van der Waals surface area contributed by atoms with Crippen molar-refractivity contribution in [1.29, 1.82) is 0 Å². The van der Waals surface area contributed by atoms with Crippen LogP contribution in [0.5, 0.6) is 11.5 Å². The molecule has 3 nitrogen and oxygen atoms in total. The van der Waals surface area contributed by atoms with E-state index in [4.69, 9.17) is 9.47 Å². The number of benzene rings is 1. The molecule has 1 aliphatic rings. The predicted octanol–water partition coefficient (Wildman–Crippen LogP) is 3.85. The van der Waals surface area contributed by atoms with Gasteiger partial charge >= 0.3 is 0 Å². The van der Waals surface area contributed by atoms with Gasteiger partial charge in [0.2, 0.25) is 0 Å². The van der Waals surface area contributed by atoms with Crippen LogP contribution in [0.15, 0.2) is 30.9 Å². The minimum absolute atomic E-state index is 0.384. The number of hydrogen-bond acceptors (Lipinski definition) is 3. The Bertz CT molecular complexity index is 431. The highest BCUT2D eigenvalue weighted by atomic mass is 16.6. The van der Waals surface area contributed by atoms with Crippen molar-refractivity contribution in [1.82, 2.24) is 5.32 Å². The number of allylic oxidation sites excluding steroid dienone is 1. The first-order valence-electron chi connectivity index (χ1n) is 7.53. The molecule has 0 saturated heterocycles. The highest BCUT2D eigenvalue weighted by Crippen LogP contribution is 2.33. The van der Waals surface area contributed by atoms with Crippen LogP contribution in [0, 0.1) is 0 Å². The fourth-order valence-electron chi connectivity index (χ4n) is 2.57. The molecule has 0 saturated carbocycles. The quantitative estimate of drug-likeness (QED) is 0.577. The number of unbranched alkanes of at least 4 members (excludes halogenated alkanes) is 3. The highest BCUT2D eigenvalue weighted by molar-refractivity contribution is 5.44. The van der Waals surface area contributed by atoms with Gasteiger partial charge in [0.1, 0.15) is 13.2 Å². The highest BCUT2D eigenvalue weighted by Gasteiger charge is 2.15. The predicted molar refractivity (Wildman–Crippen MR) is 82.5 cm³/mol. The first-order chi connectivity index (χ1) is 9.85. The zero-order chi connectivity index (χ0) is 14.2. The lowest BCUT2D eigenvalue weighted by atomic mass is 9.99. The molecule has 1 heterocycles.